The predicted octanol–water partition coefficient (Wildman–Crippen LogP) is 4.29. The molecule has 2 rings (SSSR count). The molecule has 1 aromatic heterocycles. The average molecular weight is 237 g/mol. The molecule has 1 aromatic rings. The fourth-order valence-electron chi connectivity index (χ4n) is 2.89. The molecule has 1 nitrogen and oxygen atoms in total. The molecule has 1 heterocycles. The van der Waals surface area contributed by atoms with Crippen LogP contribution in [0.15, 0.2) is 11.4 Å². The van der Waals surface area contributed by atoms with Gasteiger partial charge in [0.05, 0.1) is 0 Å². The number of aryl methyl sites for hydroxylation is 1. The summed E-state index contributed by atoms with van der Waals surface area (Å²) in [5.74, 6) is 0.905. The van der Waals surface area contributed by atoms with E-state index >= 15 is 0 Å². The summed E-state index contributed by atoms with van der Waals surface area (Å²) in [5, 5.41) is 5.97. The van der Waals surface area contributed by atoms with Crippen molar-refractivity contribution in [3.63, 3.8) is 0 Å². The van der Waals surface area contributed by atoms with Crippen LogP contribution < -0.4 is 5.32 Å². The molecule has 0 aliphatic heterocycles. The van der Waals surface area contributed by atoms with Gasteiger partial charge in [0.2, 0.25) is 0 Å². The van der Waals surface area contributed by atoms with Crippen molar-refractivity contribution in [3.05, 3.63) is 21.9 Å². The molecule has 1 saturated carbocycles. The first-order chi connectivity index (χ1) is 7.68. The summed E-state index contributed by atoms with van der Waals surface area (Å²) >= 11 is 1.88. The summed E-state index contributed by atoms with van der Waals surface area (Å²) in [6.45, 7) is 6.87. The second-order valence-corrected chi connectivity index (χ2v) is 6.14. The molecule has 2 heteroatoms. The van der Waals surface area contributed by atoms with Gasteiger partial charge in [0.25, 0.3) is 0 Å². The van der Waals surface area contributed by atoms with Gasteiger partial charge in [0.1, 0.15) is 0 Å². The van der Waals surface area contributed by atoms with Gasteiger partial charge in [-0.15, -0.1) is 11.3 Å². The van der Waals surface area contributed by atoms with Gasteiger partial charge < -0.3 is 5.32 Å². The second-order valence-electron chi connectivity index (χ2n) is 5.19. The molecule has 1 N–H and O–H groups in total. The van der Waals surface area contributed by atoms with Crippen molar-refractivity contribution in [2.45, 2.75) is 58.5 Å². The highest BCUT2D eigenvalue weighted by atomic mass is 32.1. The van der Waals surface area contributed by atoms with E-state index in [1.807, 2.05) is 11.3 Å². The maximum Gasteiger partial charge on any atom is 0.0390 e. The Labute approximate surface area is 103 Å². The van der Waals surface area contributed by atoms with Gasteiger partial charge in [0.15, 0.2) is 0 Å². The highest BCUT2D eigenvalue weighted by molar-refractivity contribution is 7.10. The van der Waals surface area contributed by atoms with Crippen molar-refractivity contribution in [1.82, 2.24) is 5.32 Å². The zero-order valence-corrected chi connectivity index (χ0v) is 11.4. The molecular weight excluding hydrogens is 214 g/mol. The largest absolute Gasteiger partial charge is 0.307 e. The van der Waals surface area contributed by atoms with E-state index in [1.54, 1.807) is 0 Å². The van der Waals surface area contributed by atoms with Gasteiger partial charge in [0, 0.05) is 17.0 Å². The van der Waals surface area contributed by atoms with E-state index in [0.717, 1.165) is 5.92 Å². The van der Waals surface area contributed by atoms with Gasteiger partial charge in [-0.05, 0) is 56.5 Å². The first-order valence-electron chi connectivity index (χ1n) is 6.48. The fraction of sp³-hybridized carbons (Fsp3) is 0.714. The molecule has 0 spiro atoms. The third-order valence-electron chi connectivity index (χ3n) is 3.91. The van der Waals surface area contributed by atoms with E-state index in [-0.39, 0.29) is 0 Å². The van der Waals surface area contributed by atoms with Gasteiger partial charge >= 0.3 is 0 Å². The third-order valence-corrected chi connectivity index (χ3v) is 5.12. The lowest BCUT2D eigenvalue weighted by Crippen LogP contribution is -2.34. The molecule has 1 aliphatic carbocycles. The molecule has 0 radical (unpaired) electrons. The molecule has 0 saturated heterocycles. The molecule has 90 valence electrons. The minimum absolute atomic E-state index is 0.510. The standard InChI is InChI=1S/C14H23NS/c1-10-8-9-16-14(10)12(3)15-11(2)13-6-4-5-7-13/h8-9,11-13,15H,4-7H2,1-3H3/t11-,12?/m1/s1. The SMILES string of the molecule is Cc1ccsc1C(C)N[C@H](C)C1CCCC1. The lowest BCUT2D eigenvalue weighted by molar-refractivity contribution is 0.354. The van der Waals surface area contributed by atoms with Gasteiger partial charge in [-0.2, -0.15) is 0 Å². The van der Waals surface area contributed by atoms with Crippen molar-refractivity contribution in [2.75, 3.05) is 0 Å². The second kappa shape index (κ2) is 5.33. The molecular formula is C14H23NS. The van der Waals surface area contributed by atoms with E-state index in [0.29, 0.717) is 12.1 Å². The number of nitrogens with one attached hydrogen (secondary N) is 1. The normalized spacial score (nSPS) is 21.2. The Morgan fingerprint density at radius 1 is 1.31 bits per heavy atom. The number of hydrogen-bond donors (Lipinski definition) is 1. The molecule has 0 bridgehead atoms. The molecule has 1 unspecified atom stereocenters. The van der Waals surface area contributed by atoms with Crippen LogP contribution in [0.5, 0.6) is 0 Å². The van der Waals surface area contributed by atoms with Crippen LogP contribution in [0.25, 0.3) is 0 Å². The van der Waals surface area contributed by atoms with Crippen LogP contribution in [0, 0.1) is 12.8 Å². The Morgan fingerprint density at radius 3 is 2.56 bits per heavy atom. The lowest BCUT2D eigenvalue weighted by Gasteiger charge is -2.24. The van der Waals surface area contributed by atoms with Crippen molar-refractivity contribution >= 4 is 11.3 Å². The van der Waals surface area contributed by atoms with Gasteiger partial charge in [-0.25, -0.2) is 0 Å². The van der Waals surface area contributed by atoms with E-state index in [4.69, 9.17) is 0 Å². The van der Waals surface area contributed by atoms with E-state index in [2.05, 4.69) is 37.5 Å². The number of hydrogen-bond acceptors (Lipinski definition) is 2. The third kappa shape index (κ3) is 2.67. The minimum atomic E-state index is 0.510. The molecule has 2 atom stereocenters. The van der Waals surface area contributed by atoms with Crippen LogP contribution in [0.2, 0.25) is 0 Å². The molecule has 0 aromatic carbocycles. The Hall–Kier alpha value is -0.340. The van der Waals surface area contributed by atoms with E-state index in [9.17, 15) is 0 Å². The molecule has 16 heavy (non-hydrogen) atoms. The number of thiophene rings is 1. The van der Waals surface area contributed by atoms with Crippen LogP contribution in [0.1, 0.15) is 56.0 Å². The zero-order valence-electron chi connectivity index (χ0n) is 10.6. The van der Waals surface area contributed by atoms with Crippen LogP contribution in [0.4, 0.5) is 0 Å². The van der Waals surface area contributed by atoms with Crippen molar-refractivity contribution in [1.29, 1.82) is 0 Å². The zero-order chi connectivity index (χ0) is 11.5. The van der Waals surface area contributed by atoms with Crippen LogP contribution in [-0.2, 0) is 0 Å². The highest BCUT2D eigenvalue weighted by Gasteiger charge is 2.23. The smallest absolute Gasteiger partial charge is 0.0390 e. The number of rotatable bonds is 4. The van der Waals surface area contributed by atoms with Crippen molar-refractivity contribution in [2.24, 2.45) is 5.92 Å². The Bertz CT molecular complexity index is 325. The van der Waals surface area contributed by atoms with Crippen LogP contribution in [0.3, 0.4) is 0 Å². The lowest BCUT2D eigenvalue weighted by atomic mass is 9.99. The monoisotopic (exact) mass is 237 g/mol. The van der Waals surface area contributed by atoms with Crippen molar-refractivity contribution < 1.29 is 0 Å². The maximum absolute atomic E-state index is 3.78. The van der Waals surface area contributed by atoms with E-state index in [1.165, 1.54) is 36.1 Å². The average Bonchev–Trinajstić information content (AvgIpc) is 2.86. The topological polar surface area (TPSA) is 12.0 Å². The highest BCUT2D eigenvalue weighted by Crippen LogP contribution is 2.30. The van der Waals surface area contributed by atoms with Gasteiger partial charge in [-0.3, -0.25) is 0 Å². The summed E-state index contributed by atoms with van der Waals surface area (Å²) in [4.78, 5) is 1.50. The summed E-state index contributed by atoms with van der Waals surface area (Å²) < 4.78 is 0. The first kappa shape index (κ1) is 12.1. The predicted molar refractivity (Wildman–Crippen MR) is 72.0 cm³/mol. The summed E-state index contributed by atoms with van der Waals surface area (Å²) in [6.07, 6.45) is 5.71. The first-order valence-corrected chi connectivity index (χ1v) is 7.36. The quantitative estimate of drug-likeness (QED) is 0.824. The van der Waals surface area contributed by atoms with Gasteiger partial charge in [-0.1, -0.05) is 12.8 Å². The van der Waals surface area contributed by atoms with Crippen molar-refractivity contribution in [3.8, 4) is 0 Å². The van der Waals surface area contributed by atoms with Crippen LogP contribution >= 0.6 is 11.3 Å². The Balaban J connectivity index is 1.91. The van der Waals surface area contributed by atoms with Crippen LogP contribution in [-0.4, -0.2) is 6.04 Å². The maximum atomic E-state index is 3.78. The summed E-state index contributed by atoms with van der Waals surface area (Å²) in [6, 6.07) is 3.40. The Kier molecular flexibility index (Phi) is 4.04. The van der Waals surface area contributed by atoms with E-state index < -0.39 is 0 Å². The molecule has 1 fully saturated rings. The fourth-order valence-corrected chi connectivity index (χ4v) is 3.84. The summed E-state index contributed by atoms with van der Waals surface area (Å²) in [7, 11) is 0. The summed E-state index contributed by atoms with van der Waals surface area (Å²) in [5.41, 5.74) is 1.43. The Morgan fingerprint density at radius 2 is 2.00 bits per heavy atom. The molecule has 1 aliphatic rings. The minimum Gasteiger partial charge on any atom is -0.307 e. The molecule has 0 amide bonds.